The molecule has 11 heteroatoms. The fraction of sp³-hybridized carbons (Fsp3) is 0.462. The monoisotopic (exact) mass is 376 g/mol. The number of hydrogen-bond acceptors (Lipinski definition) is 5. The van der Waals surface area contributed by atoms with E-state index in [1.54, 1.807) is 0 Å². The Morgan fingerprint density at radius 1 is 1.46 bits per heavy atom. The van der Waals surface area contributed by atoms with Crippen LogP contribution in [0.4, 0.5) is 9.18 Å². The maximum absolute atomic E-state index is 13.4. The Labute approximate surface area is 142 Å². The molecule has 1 aromatic heterocycles. The lowest BCUT2D eigenvalue weighted by Gasteiger charge is -2.19. The maximum Gasteiger partial charge on any atom is 0.322 e. The van der Waals surface area contributed by atoms with Crippen molar-refractivity contribution in [3.63, 3.8) is 0 Å². The molecule has 8 nitrogen and oxygen atoms in total. The molecule has 2 heterocycles. The van der Waals surface area contributed by atoms with Gasteiger partial charge in [0.15, 0.2) is 11.0 Å². The molecular weight excluding hydrogens is 363 g/mol. The number of carbonyl (C=O) groups excluding carboxylic acids is 2. The molecule has 1 spiro atoms. The molecule has 0 radical (unpaired) electrons. The first-order chi connectivity index (χ1) is 11.2. The van der Waals surface area contributed by atoms with Crippen LogP contribution >= 0.6 is 11.6 Å². The number of amides is 3. The van der Waals surface area contributed by atoms with Gasteiger partial charge in [0.05, 0.1) is 0 Å². The first-order valence-corrected chi connectivity index (χ1v) is 9.02. The lowest BCUT2D eigenvalue weighted by molar-refractivity contribution is -0.123. The number of aromatic nitrogens is 1. The summed E-state index contributed by atoms with van der Waals surface area (Å²) in [6.45, 7) is 0.0669. The fourth-order valence-electron chi connectivity index (χ4n) is 3.03. The maximum atomic E-state index is 13.4. The van der Waals surface area contributed by atoms with Crippen molar-refractivity contribution >= 4 is 33.6 Å². The molecule has 2 fully saturated rings. The molecule has 24 heavy (non-hydrogen) atoms. The van der Waals surface area contributed by atoms with Gasteiger partial charge in [0.2, 0.25) is 10.0 Å². The average molecular weight is 377 g/mol. The van der Waals surface area contributed by atoms with Gasteiger partial charge in [-0.2, -0.15) is 0 Å². The highest BCUT2D eigenvalue weighted by Gasteiger charge is 2.50. The first kappa shape index (κ1) is 17.1. The highest BCUT2D eigenvalue weighted by atomic mass is 35.5. The number of rotatable bonds is 4. The van der Waals surface area contributed by atoms with Crippen LogP contribution in [0.3, 0.4) is 0 Å². The topological polar surface area (TPSA) is 117 Å². The molecule has 0 bridgehead atoms. The van der Waals surface area contributed by atoms with Gasteiger partial charge in [0.1, 0.15) is 10.4 Å². The lowest BCUT2D eigenvalue weighted by atomic mass is 9.96. The summed E-state index contributed by atoms with van der Waals surface area (Å²) in [5.41, 5.74) is -0.957. The van der Waals surface area contributed by atoms with Gasteiger partial charge in [-0.05, 0) is 31.2 Å². The van der Waals surface area contributed by atoms with Crippen LogP contribution in [0.1, 0.15) is 19.3 Å². The molecule has 1 saturated heterocycles. The largest absolute Gasteiger partial charge is 0.323 e. The second-order valence-corrected chi connectivity index (χ2v) is 8.02. The highest BCUT2D eigenvalue weighted by molar-refractivity contribution is 7.89. The van der Waals surface area contributed by atoms with Crippen molar-refractivity contribution in [3.8, 4) is 0 Å². The van der Waals surface area contributed by atoms with Crippen LogP contribution in [-0.4, -0.2) is 37.4 Å². The summed E-state index contributed by atoms with van der Waals surface area (Å²) in [6.07, 6.45) is 2.31. The van der Waals surface area contributed by atoms with Crippen LogP contribution in [0, 0.1) is 11.7 Å². The first-order valence-electron chi connectivity index (χ1n) is 7.16. The molecule has 2 atom stereocenters. The minimum atomic E-state index is -3.95. The zero-order valence-electron chi connectivity index (χ0n) is 12.3. The van der Waals surface area contributed by atoms with Crippen molar-refractivity contribution in [1.29, 1.82) is 0 Å². The minimum Gasteiger partial charge on any atom is -0.323 e. The Kier molecular flexibility index (Phi) is 4.22. The van der Waals surface area contributed by atoms with Gasteiger partial charge in [-0.15, -0.1) is 0 Å². The van der Waals surface area contributed by atoms with Gasteiger partial charge in [-0.1, -0.05) is 11.6 Å². The van der Waals surface area contributed by atoms with Crippen LogP contribution in [0.2, 0.25) is 5.15 Å². The summed E-state index contributed by atoms with van der Waals surface area (Å²) in [5.74, 6) is -1.44. The number of nitrogens with one attached hydrogen (secondary N) is 3. The van der Waals surface area contributed by atoms with Gasteiger partial charge < -0.3 is 5.32 Å². The molecular formula is C13H14ClFN4O4S. The van der Waals surface area contributed by atoms with Crippen molar-refractivity contribution < 1.29 is 22.4 Å². The third-order valence-electron chi connectivity index (χ3n) is 4.27. The van der Waals surface area contributed by atoms with Gasteiger partial charge in [0.25, 0.3) is 5.91 Å². The summed E-state index contributed by atoms with van der Waals surface area (Å²) >= 11 is 5.43. The summed E-state index contributed by atoms with van der Waals surface area (Å²) < 4.78 is 40.1. The summed E-state index contributed by atoms with van der Waals surface area (Å²) in [4.78, 5) is 26.3. The molecule has 1 aliphatic heterocycles. The van der Waals surface area contributed by atoms with Crippen LogP contribution < -0.4 is 15.4 Å². The quantitative estimate of drug-likeness (QED) is 0.523. The Balaban J connectivity index is 1.65. The Morgan fingerprint density at radius 2 is 2.21 bits per heavy atom. The molecule has 1 saturated carbocycles. The third kappa shape index (κ3) is 3.08. The van der Waals surface area contributed by atoms with Crippen molar-refractivity contribution in [1.82, 2.24) is 20.3 Å². The van der Waals surface area contributed by atoms with E-state index >= 15 is 0 Å². The summed E-state index contributed by atoms with van der Waals surface area (Å²) in [7, 11) is -3.95. The molecule has 1 aliphatic carbocycles. The molecule has 130 valence electrons. The van der Waals surface area contributed by atoms with E-state index in [0.29, 0.717) is 19.3 Å². The number of urea groups is 1. The molecule has 0 aromatic carbocycles. The van der Waals surface area contributed by atoms with E-state index in [-0.39, 0.29) is 23.3 Å². The third-order valence-corrected chi connectivity index (χ3v) is 5.94. The predicted molar refractivity (Wildman–Crippen MR) is 81.1 cm³/mol. The van der Waals surface area contributed by atoms with E-state index in [2.05, 4.69) is 20.3 Å². The van der Waals surface area contributed by atoms with Crippen LogP contribution in [0.15, 0.2) is 17.2 Å². The van der Waals surface area contributed by atoms with Crippen molar-refractivity contribution in [2.24, 2.45) is 5.92 Å². The molecule has 2 aliphatic rings. The average Bonchev–Trinajstić information content (AvgIpc) is 3.04. The highest BCUT2D eigenvalue weighted by Crippen LogP contribution is 2.36. The van der Waals surface area contributed by atoms with Crippen molar-refractivity contribution in [2.45, 2.75) is 29.7 Å². The number of carbonyl (C=O) groups is 2. The summed E-state index contributed by atoms with van der Waals surface area (Å²) in [5, 5.41) is 4.38. The van der Waals surface area contributed by atoms with Crippen molar-refractivity contribution in [3.05, 3.63) is 23.2 Å². The predicted octanol–water partition coefficient (Wildman–Crippen LogP) is 0.531. The van der Waals surface area contributed by atoms with E-state index in [1.165, 1.54) is 0 Å². The standard InChI is InChI=1S/C13H14ClFN4O4S/c14-10-9(15)3-8(6-16-10)24(22,23)17-5-7-1-2-13(4-7)11(20)18-12(21)19-13/h3,6-7,17H,1-2,4-5H2,(H2,18,19,20,21). The molecule has 3 rings (SSSR count). The molecule has 3 amide bonds. The second kappa shape index (κ2) is 5.94. The smallest absolute Gasteiger partial charge is 0.322 e. The number of halogens is 2. The number of pyridine rings is 1. The fourth-order valence-corrected chi connectivity index (χ4v) is 4.21. The van der Waals surface area contributed by atoms with E-state index in [1.807, 2.05) is 0 Å². The van der Waals surface area contributed by atoms with E-state index in [0.717, 1.165) is 12.3 Å². The van der Waals surface area contributed by atoms with Gasteiger partial charge >= 0.3 is 6.03 Å². The zero-order valence-corrected chi connectivity index (χ0v) is 13.9. The van der Waals surface area contributed by atoms with Gasteiger partial charge in [-0.25, -0.2) is 27.3 Å². The normalized spacial score (nSPS) is 26.7. The number of imide groups is 1. The lowest BCUT2D eigenvalue weighted by Crippen LogP contribution is -2.44. The molecule has 3 N–H and O–H groups in total. The Hall–Kier alpha value is -1.78. The Bertz CT molecular complexity index is 818. The molecule has 1 aromatic rings. The SMILES string of the molecule is O=C1NC(=O)C2(CCC(CNS(=O)(=O)c3cnc(Cl)c(F)c3)C2)N1. The Morgan fingerprint density at radius 3 is 2.83 bits per heavy atom. The number of hydrogen-bond donors (Lipinski definition) is 3. The van der Waals surface area contributed by atoms with E-state index < -0.39 is 32.6 Å². The number of sulfonamides is 1. The minimum absolute atomic E-state index is 0.0669. The number of nitrogens with zero attached hydrogens (tertiary/aromatic N) is 1. The van der Waals surface area contributed by atoms with Crippen molar-refractivity contribution in [2.75, 3.05) is 6.54 Å². The van der Waals surface area contributed by atoms with E-state index in [9.17, 15) is 22.4 Å². The van der Waals surface area contributed by atoms with Crippen LogP contribution in [0.5, 0.6) is 0 Å². The second-order valence-electron chi connectivity index (χ2n) is 5.89. The van der Waals surface area contributed by atoms with Gasteiger partial charge in [0, 0.05) is 12.7 Å². The van der Waals surface area contributed by atoms with Crippen LogP contribution in [0.25, 0.3) is 0 Å². The van der Waals surface area contributed by atoms with Crippen LogP contribution in [-0.2, 0) is 14.8 Å². The van der Waals surface area contributed by atoms with Gasteiger partial charge in [-0.3, -0.25) is 10.1 Å². The summed E-state index contributed by atoms with van der Waals surface area (Å²) in [6, 6.07) is 0.252. The zero-order chi connectivity index (χ0) is 17.5. The van der Waals surface area contributed by atoms with E-state index in [4.69, 9.17) is 11.6 Å². The molecule has 2 unspecified atom stereocenters.